The van der Waals surface area contributed by atoms with Gasteiger partial charge in [-0.25, -0.2) is 19.2 Å². The SMILES string of the molecule is Cc1cc2nc(N[C@@H](C)c3cncc(F)c3)nc(C(=O)N3CC[C@H](NC(=O)OC(C)(C)C)C3)c2s1. The van der Waals surface area contributed by atoms with E-state index in [1.807, 2.05) is 19.9 Å². The second kappa shape index (κ2) is 9.73. The summed E-state index contributed by atoms with van der Waals surface area (Å²) >= 11 is 1.46. The molecule has 1 saturated heterocycles. The molecule has 4 heterocycles. The van der Waals surface area contributed by atoms with Crippen molar-refractivity contribution >= 4 is 39.5 Å². The van der Waals surface area contributed by atoms with Crippen LogP contribution < -0.4 is 10.6 Å². The number of aromatic nitrogens is 3. The number of alkyl carbamates (subject to hydrolysis) is 1. The first-order valence-electron chi connectivity index (χ1n) is 11.4. The number of fused-ring (bicyclic) bond motifs is 1. The molecule has 2 atom stereocenters. The summed E-state index contributed by atoms with van der Waals surface area (Å²) in [4.78, 5) is 41.3. The quantitative estimate of drug-likeness (QED) is 0.533. The highest BCUT2D eigenvalue weighted by atomic mass is 32.1. The van der Waals surface area contributed by atoms with Crippen molar-refractivity contribution in [3.63, 3.8) is 0 Å². The van der Waals surface area contributed by atoms with E-state index < -0.39 is 17.5 Å². The molecule has 35 heavy (non-hydrogen) atoms. The Morgan fingerprint density at radius 2 is 2.03 bits per heavy atom. The van der Waals surface area contributed by atoms with Crippen LogP contribution in [0.1, 0.15) is 61.1 Å². The minimum absolute atomic E-state index is 0.200. The second-order valence-corrected chi connectivity index (χ2v) is 10.9. The maximum Gasteiger partial charge on any atom is 0.407 e. The zero-order valence-electron chi connectivity index (χ0n) is 20.4. The summed E-state index contributed by atoms with van der Waals surface area (Å²) in [5.41, 5.74) is 1.02. The highest BCUT2D eigenvalue weighted by Gasteiger charge is 2.31. The van der Waals surface area contributed by atoms with Gasteiger partial charge in [-0.1, -0.05) is 0 Å². The number of halogens is 1. The van der Waals surface area contributed by atoms with Crippen molar-refractivity contribution in [3.8, 4) is 0 Å². The molecule has 9 nitrogen and oxygen atoms in total. The highest BCUT2D eigenvalue weighted by Crippen LogP contribution is 2.30. The Balaban J connectivity index is 1.53. The monoisotopic (exact) mass is 500 g/mol. The largest absolute Gasteiger partial charge is 0.444 e. The number of ether oxygens (including phenoxy) is 1. The molecule has 2 amide bonds. The third kappa shape index (κ3) is 6.02. The molecule has 0 spiro atoms. The molecule has 1 fully saturated rings. The maximum absolute atomic E-state index is 13.6. The molecular weight excluding hydrogens is 471 g/mol. The number of carbonyl (C=O) groups excluding carboxylic acids is 2. The van der Waals surface area contributed by atoms with Gasteiger partial charge in [-0.15, -0.1) is 11.3 Å². The van der Waals surface area contributed by atoms with Gasteiger partial charge in [0.15, 0.2) is 5.69 Å². The highest BCUT2D eigenvalue weighted by molar-refractivity contribution is 7.19. The number of aryl methyl sites for hydroxylation is 1. The lowest BCUT2D eigenvalue weighted by Crippen LogP contribution is -2.41. The van der Waals surface area contributed by atoms with Gasteiger partial charge >= 0.3 is 6.09 Å². The summed E-state index contributed by atoms with van der Waals surface area (Å²) in [6, 6.07) is 2.78. The van der Waals surface area contributed by atoms with Crippen LogP contribution in [-0.4, -0.2) is 56.6 Å². The lowest BCUT2D eigenvalue weighted by molar-refractivity contribution is 0.0502. The fourth-order valence-electron chi connectivity index (χ4n) is 3.89. The van der Waals surface area contributed by atoms with E-state index in [9.17, 15) is 14.0 Å². The number of hydrogen-bond donors (Lipinski definition) is 2. The molecule has 0 unspecified atom stereocenters. The van der Waals surface area contributed by atoms with E-state index in [0.29, 0.717) is 41.0 Å². The predicted molar refractivity (Wildman–Crippen MR) is 132 cm³/mol. The maximum atomic E-state index is 13.6. The molecule has 3 aromatic rings. The van der Waals surface area contributed by atoms with Gasteiger partial charge in [-0.05, 0) is 58.7 Å². The molecule has 0 aliphatic carbocycles. The summed E-state index contributed by atoms with van der Waals surface area (Å²) in [5.74, 6) is -0.380. The van der Waals surface area contributed by atoms with E-state index in [2.05, 4.69) is 25.6 Å². The number of thiophene rings is 1. The van der Waals surface area contributed by atoms with Crippen molar-refractivity contribution in [2.24, 2.45) is 0 Å². The number of anilines is 1. The number of pyridine rings is 1. The first-order valence-corrected chi connectivity index (χ1v) is 12.2. The van der Waals surface area contributed by atoms with Gasteiger partial charge in [-0.2, -0.15) is 0 Å². The average molecular weight is 501 g/mol. The van der Waals surface area contributed by atoms with Crippen molar-refractivity contribution in [2.45, 2.75) is 58.7 Å². The summed E-state index contributed by atoms with van der Waals surface area (Å²) in [6.45, 7) is 10.1. The fourth-order valence-corrected chi connectivity index (χ4v) is 4.82. The number of hydrogen-bond acceptors (Lipinski definition) is 8. The van der Waals surface area contributed by atoms with Gasteiger partial charge < -0.3 is 20.3 Å². The van der Waals surface area contributed by atoms with E-state index in [0.717, 1.165) is 11.1 Å². The predicted octanol–water partition coefficient (Wildman–Crippen LogP) is 4.45. The van der Waals surface area contributed by atoms with Crippen molar-refractivity contribution < 1.29 is 18.7 Å². The van der Waals surface area contributed by atoms with Crippen LogP contribution in [0.5, 0.6) is 0 Å². The van der Waals surface area contributed by atoms with Crippen LogP contribution in [0.3, 0.4) is 0 Å². The zero-order valence-corrected chi connectivity index (χ0v) is 21.2. The standard InChI is InChI=1S/C24H29FN6O3S/c1-13-8-18-20(35-13)19(30-22(29-18)27-14(2)15-9-16(25)11-26-10-15)21(32)31-7-6-17(12-31)28-23(33)34-24(3,4)5/h8-11,14,17H,6-7,12H2,1-5H3,(H,28,33)(H,27,29,30)/t14-,17-/m0/s1. The number of nitrogens with zero attached hydrogens (tertiary/aromatic N) is 4. The Labute approximate surface area is 207 Å². The topological polar surface area (TPSA) is 109 Å². The van der Waals surface area contributed by atoms with E-state index in [1.165, 1.54) is 17.4 Å². The van der Waals surface area contributed by atoms with Crippen LogP contribution in [0.25, 0.3) is 10.2 Å². The molecule has 0 aromatic carbocycles. The molecule has 11 heteroatoms. The third-order valence-corrected chi connectivity index (χ3v) is 6.51. The smallest absolute Gasteiger partial charge is 0.407 e. The fraction of sp³-hybridized carbons (Fsp3) is 0.458. The lowest BCUT2D eigenvalue weighted by atomic mass is 10.1. The van der Waals surface area contributed by atoms with Crippen LogP contribution in [0, 0.1) is 12.7 Å². The lowest BCUT2D eigenvalue weighted by Gasteiger charge is -2.22. The van der Waals surface area contributed by atoms with Gasteiger partial charge in [0.1, 0.15) is 11.4 Å². The Morgan fingerprint density at radius 1 is 1.26 bits per heavy atom. The van der Waals surface area contributed by atoms with Crippen LogP contribution in [0.15, 0.2) is 24.5 Å². The van der Waals surface area contributed by atoms with Gasteiger partial charge in [0, 0.05) is 24.2 Å². The molecule has 0 saturated carbocycles. The molecule has 4 rings (SSSR count). The number of nitrogens with one attached hydrogen (secondary N) is 2. The summed E-state index contributed by atoms with van der Waals surface area (Å²) in [5, 5.41) is 6.00. The summed E-state index contributed by atoms with van der Waals surface area (Å²) < 4.78 is 19.6. The molecule has 0 radical (unpaired) electrons. The molecule has 2 N–H and O–H groups in total. The van der Waals surface area contributed by atoms with Crippen molar-refractivity contribution in [1.29, 1.82) is 0 Å². The van der Waals surface area contributed by atoms with Crippen molar-refractivity contribution in [2.75, 3.05) is 18.4 Å². The normalized spacial score (nSPS) is 16.9. The van der Waals surface area contributed by atoms with E-state index >= 15 is 0 Å². The molecule has 0 bridgehead atoms. The zero-order chi connectivity index (χ0) is 25.3. The molecule has 1 aliphatic heterocycles. The van der Waals surface area contributed by atoms with Crippen molar-refractivity contribution in [1.82, 2.24) is 25.2 Å². The first-order chi connectivity index (χ1) is 16.5. The number of rotatable bonds is 5. The van der Waals surface area contributed by atoms with Gasteiger partial charge in [-0.3, -0.25) is 9.78 Å². The molecular formula is C24H29FN6O3S. The van der Waals surface area contributed by atoms with E-state index in [-0.39, 0.29) is 23.9 Å². The second-order valence-electron chi connectivity index (χ2n) is 9.65. The van der Waals surface area contributed by atoms with Crippen molar-refractivity contribution in [3.05, 3.63) is 46.5 Å². The molecule has 186 valence electrons. The number of likely N-dealkylation sites (tertiary alicyclic amines) is 1. The molecule has 3 aromatic heterocycles. The van der Waals surface area contributed by atoms with Gasteiger partial charge in [0.05, 0.1) is 28.5 Å². The Kier molecular flexibility index (Phi) is 6.88. The van der Waals surface area contributed by atoms with Gasteiger partial charge in [0.2, 0.25) is 5.95 Å². The average Bonchev–Trinajstić information content (AvgIpc) is 3.36. The van der Waals surface area contributed by atoms with Gasteiger partial charge in [0.25, 0.3) is 5.91 Å². The summed E-state index contributed by atoms with van der Waals surface area (Å²) in [6.07, 6.45) is 2.84. The Bertz CT molecular complexity index is 1260. The first kappa shape index (κ1) is 24.8. The van der Waals surface area contributed by atoms with Crippen LogP contribution in [-0.2, 0) is 4.74 Å². The van der Waals surface area contributed by atoms with Crippen LogP contribution in [0.4, 0.5) is 15.1 Å². The third-order valence-electron chi connectivity index (χ3n) is 5.47. The summed E-state index contributed by atoms with van der Waals surface area (Å²) in [7, 11) is 0. The molecule has 1 aliphatic rings. The van der Waals surface area contributed by atoms with Crippen LogP contribution >= 0.6 is 11.3 Å². The minimum atomic E-state index is -0.593. The minimum Gasteiger partial charge on any atom is -0.444 e. The Morgan fingerprint density at radius 3 is 2.74 bits per heavy atom. The number of amides is 2. The van der Waals surface area contributed by atoms with E-state index in [4.69, 9.17) is 4.74 Å². The number of carbonyl (C=O) groups is 2. The van der Waals surface area contributed by atoms with Crippen LogP contribution in [0.2, 0.25) is 0 Å². The Hall–Kier alpha value is -3.34. The van der Waals surface area contributed by atoms with E-state index in [1.54, 1.807) is 31.9 Å².